The van der Waals surface area contributed by atoms with Crippen LogP contribution >= 0.6 is 0 Å². The number of nitrogens with two attached hydrogens (primary N) is 1. The minimum atomic E-state index is -0.262. The molecule has 2 atom stereocenters. The van der Waals surface area contributed by atoms with Crippen LogP contribution in [0.4, 0.5) is 5.69 Å². The second-order valence-electron chi connectivity index (χ2n) is 7.05. The van der Waals surface area contributed by atoms with Crippen LogP contribution in [-0.4, -0.2) is 53.6 Å². The van der Waals surface area contributed by atoms with Gasteiger partial charge in [-0.1, -0.05) is 42.5 Å². The highest BCUT2D eigenvalue weighted by Crippen LogP contribution is 2.24. The molecule has 2 aromatic carbocycles. The number of hydrogen-bond acceptors (Lipinski definition) is 4. The Morgan fingerprint density at radius 2 is 1.92 bits per heavy atom. The van der Waals surface area contributed by atoms with Crippen molar-refractivity contribution in [2.24, 2.45) is 0 Å². The second-order valence-corrected chi connectivity index (χ2v) is 7.05. The molecule has 0 aliphatic carbocycles. The maximum atomic E-state index is 12.9. The number of rotatable bonds is 6. The summed E-state index contributed by atoms with van der Waals surface area (Å²) in [5, 5.41) is 9.82. The lowest BCUT2D eigenvalue weighted by atomic mass is 10.0. The molecule has 5 heteroatoms. The summed E-state index contributed by atoms with van der Waals surface area (Å²) in [4.78, 5) is 16.9. The third-order valence-electron chi connectivity index (χ3n) is 5.06. The number of hydrogen-bond donors (Lipinski definition) is 2. The van der Waals surface area contributed by atoms with Crippen molar-refractivity contribution < 1.29 is 9.90 Å². The van der Waals surface area contributed by atoms with Crippen molar-refractivity contribution in [3.05, 3.63) is 65.7 Å². The standard InChI is InChI=1S/C21H27N3O2/c1-23(21(26)13-16-7-9-18(22)10-8-16)20(17-5-3-2-4-6-17)15-24-12-11-19(25)14-24/h2-10,19-20,25H,11-15,22H2,1H3/t19-,20?/m0/s1. The lowest BCUT2D eigenvalue weighted by Crippen LogP contribution is -2.39. The van der Waals surface area contributed by atoms with Crippen LogP contribution in [0.3, 0.4) is 0 Å². The van der Waals surface area contributed by atoms with E-state index in [2.05, 4.69) is 17.0 Å². The van der Waals surface area contributed by atoms with E-state index in [0.29, 0.717) is 18.7 Å². The van der Waals surface area contributed by atoms with Crippen LogP contribution in [0.25, 0.3) is 0 Å². The number of aliphatic hydroxyl groups is 1. The van der Waals surface area contributed by atoms with E-state index in [-0.39, 0.29) is 18.1 Å². The molecular formula is C21H27N3O2. The van der Waals surface area contributed by atoms with Crippen molar-refractivity contribution in [2.45, 2.75) is 25.0 Å². The molecule has 3 N–H and O–H groups in total. The number of β-amino-alcohol motifs (C(OH)–C–C–N with tert-alkyl or cyclic N) is 1. The van der Waals surface area contributed by atoms with Crippen LogP contribution < -0.4 is 5.73 Å². The Hall–Kier alpha value is -2.37. The highest BCUT2D eigenvalue weighted by molar-refractivity contribution is 5.79. The first-order valence-electron chi connectivity index (χ1n) is 9.08. The predicted molar refractivity (Wildman–Crippen MR) is 104 cm³/mol. The van der Waals surface area contributed by atoms with Crippen molar-refractivity contribution in [3.8, 4) is 0 Å². The Morgan fingerprint density at radius 1 is 1.23 bits per heavy atom. The van der Waals surface area contributed by atoms with Gasteiger partial charge in [0.25, 0.3) is 0 Å². The summed E-state index contributed by atoms with van der Waals surface area (Å²) in [5.74, 6) is 0.0726. The zero-order valence-corrected chi connectivity index (χ0v) is 15.2. The third-order valence-corrected chi connectivity index (χ3v) is 5.06. The number of carbonyl (C=O) groups excluding carboxylic acids is 1. The average Bonchev–Trinajstić information content (AvgIpc) is 3.07. The van der Waals surface area contributed by atoms with Gasteiger partial charge in [0.1, 0.15) is 0 Å². The Labute approximate surface area is 155 Å². The molecule has 26 heavy (non-hydrogen) atoms. The highest BCUT2D eigenvalue weighted by Gasteiger charge is 2.28. The molecule has 1 amide bonds. The maximum absolute atomic E-state index is 12.9. The molecule has 0 spiro atoms. The average molecular weight is 353 g/mol. The zero-order chi connectivity index (χ0) is 18.5. The van der Waals surface area contributed by atoms with Crippen molar-refractivity contribution in [3.63, 3.8) is 0 Å². The van der Waals surface area contributed by atoms with E-state index in [1.165, 1.54) is 0 Å². The fourth-order valence-electron chi connectivity index (χ4n) is 3.46. The summed E-state index contributed by atoms with van der Waals surface area (Å²) < 4.78 is 0. The molecule has 1 aliphatic rings. The largest absolute Gasteiger partial charge is 0.399 e. The van der Waals surface area contributed by atoms with E-state index >= 15 is 0 Å². The molecule has 0 radical (unpaired) electrons. The monoisotopic (exact) mass is 353 g/mol. The minimum Gasteiger partial charge on any atom is -0.399 e. The van der Waals surface area contributed by atoms with E-state index in [1.807, 2.05) is 54.4 Å². The SMILES string of the molecule is CN(C(=O)Cc1ccc(N)cc1)C(CN1CC[C@H](O)C1)c1ccccc1. The topological polar surface area (TPSA) is 69.8 Å². The molecule has 138 valence electrons. The van der Waals surface area contributed by atoms with E-state index in [1.54, 1.807) is 0 Å². The number of amides is 1. The van der Waals surface area contributed by atoms with Crippen molar-refractivity contribution in [1.29, 1.82) is 0 Å². The number of nitrogens with zero attached hydrogens (tertiary/aromatic N) is 2. The second kappa shape index (κ2) is 8.34. The lowest BCUT2D eigenvalue weighted by Gasteiger charge is -2.32. The molecule has 1 saturated heterocycles. The van der Waals surface area contributed by atoms with Crippen LogP contribution in [0.15, 0.2) is 54.6 Å². The first-order valence-corrected chi connectivity index (χ1v) is 9.08. The number of anilines is 1. The summed E-state index contributed by atoms with van der Waals surface area (Å²) in [7, 11) is 1.86. The number of nitrogen functional groups attached to an aromatic ring is 1. The van der Waals surface area contributed by atoms with Gasteiger partial charge >= 0.3 is 0 Å². The quantitative estimate of drug-likeness (QED) is 0.780. The lowest BCUT2D eigenvalue weighted by molar-refractivity contribution is -0.131. The third kappa shape index (κ3) is 4.62. The van der Waals surface area contributed by atoms with Gasteiger partial charge < -0.3 is 15.7 Å². The van der Waals surface area contributed by atoms with Crippen LogP contribution in [0.1, 0.15) is 23.6 Å². The number of carbonyl (C=O) groups is 1. The van der Waals surface area contributed by atoms with Crippen LogP contribution in [-0.2, 0) is 11.2 Å². The van der Waals surface area contributed by atoms with Crippen molar-refractivity contribution >= 4 is 11.6 Å². The van der Waals surface area contributed by atoms with Crippen LogP contribution in [0.2, 0.25) is 0 Å². The van der Waals surface area contributed by atoms with Crippen molar-refractivity contribution in [1.82, 2.24) is 9.80 Å². The molecule has 0 saturated carbocycles. The van der Waals surface area contributed by atoms with E-state index in [4.69, 9.17) is 5.73 Å². The summed E-state index contributed by atoms with van der Waals surface area (Å²) in [6.45, 7) is 2.26. The summed E-state index contributed by atoms with van der Waals surface area (Å²) >= 11 is 0. The number of benzene rings is 2. The Kier molecular flexibility index (Phi) is 5.91. The molecule has 1 aliphatic heterocycles. The van der Waals surface area contributed by atoms with Crippen LogP contribution in [0.5, 0.6) is 0 Å². The summed E-state index contributed by atoms with van der Waals surface area (Å²) in [6.07, 6.45) is 0.884. The Morgan fingerprint density at radius 3 is 2.54 bits per heavy atom. The highest BCUT2D eigenvalue weighted by atomic mass is 16.3. The molecule has 5 nitrogen and oxygen atoms in total. The molecule has 0 aromatic heterocycles. The Bertz CT molecular complexity index is 718. The van der Waals surface area contributed by atoms with Gasteiger partial charge in [0.15, 0.2) is 0 Å². The Balaban J connectivity index is 1.74. The van der Waals surface area contributed by atoms with Crippen LogP contribution in [0, 0.1) is 0 Å². The van der Waals surface area contributed by atoms with Gasteiger partial charge in [-0.15, -0.1) is 0 Å². The van der Waals surface area contributed by atoms with Gasteiger partial charge in [0.05, 0.1) is 18.6 Å². The molecule has 0 bridgehead atoms. The van der Waals surface area contributed by atoms with E-state index in [0.717, 1.165) is 30.6 Å². The van der Waals surface area contributed by atoms with Gasteiger partial charge in [0, 0.05) is 32.4 Å². The number of likely N-dealkylation sites (N-methyl/N-ethyl adjacent to an activating group) is 1. The maximum Gasteiger partial charge on any atom is 0.227 e. The first-order chi connectivity index (χ1) is 12.5. The van der Waals surface area contributed by atoms with Gasteiger partial charge in [-0.25, -0.2) is 0 Å². The molecule has 1 heterocycles. The fraction of sp³-hybridized carbons (Fsp3) is 0.381. The van der Waals surface area contributed by atoms with Crippen molar-refractivity contribution in [2.75, 3.05) is 32.4 Å². The first kappa shape index (κ1) is 18.4. The molecule has 2 aromatic rings. The smallest absolute Gasteiger partial charge is 0.227 e. The van der Waals surface area contributed by atoms with E-state index in [9.17, 15) is 9.90 Å². The van der Waals surface area contributed by atoms with Gasteiger partial charge in [-0.05, 0) is 29.7 Å². The van der Waals surface area contributed by atoms with Gasteiger partial charge in [-0.3, -0.25) is 9.69 Å². The number of aliphatic hydroxyl groups excluding tert-OH is 1. The molecule has 3 rings (SSSR count). The minimum absolute atomic E-state index is 0.0391. The zero-order valence-electron chi connectivity index (χ0n) is 15.2. The molecule has 1 unspecified atom stereocenters. The molecular weight excluding hydrogens is 326 g/mol. The fourth-order valence-corrected chi connectivity index (χ4v) is 3.46. The molecule has 1 fully saturated rings. The van der Waals surface area contributed by atoms with E-state index < -0.39 is 0 Å². The normalized spacial score (nSPS) is 18.6. The summed E-state index contributed by atoms with van der Waals surface area (Å²) in [6, 6.07) is 17.5. The summed E-state index contributed by atoms with van der Waals surface area (Å²) in [5.41, 5.74) is 8.49. The predicted octanol–water partition coefficient (Wildman–Crippen LogP) is 2.08. The van der Waals surface area contributed by atoms with Gasteiger partial charge in [-0.2, -0.15) is 0 Å². The van der Waals surface area contributed by atoms with Gasteiger partial charge in [0.2, 0.25) is 5.91 Å². The number of likely N-dealkylation sites (tertiary alicyclic amines) is 1.